The molecule has 0 unspecified atom stereocenters. The Bertz CT molecular complexity index is 1160. The number of carbonyl (C=O) groups is 1. The van der Waals surface area contributed by atoms with Gasteiger partial charge in [-0.15, -0.1) is 0 Å². The normalized spacial score (nSPS) is 45.5. The highest BCUT2D eigenvalue weighted by Gasteiger charge is 2.24. The third-order valence-electron chi connectivity index (χ3n) is 4.22. The zero-order valence-electron chi connectivity index (χ0n) is 29.2. The Labute approximate surface area is 188 Å². The van der Waals surface area contributed by atoms with Crippen molar-refractivity contribution in [3.63, 3.8) is 0 Å². The smallest absolute Gasteiger partial charge is 0.314 e. The maximum absolute atomic E-state index is 12.1. The maximum atomic E-state index is 12.1. The van der Waals surface area contributed by atoms with Crippen LogP contribution in [0.25, 0.3) is 0 Å². The lowest BCUT2D eigenvalue weighted by Gasteiger charge is -2.37. The molecule has 0 spiro atoms. The summed E-state index contributed by atoms with van der Waals surface area (Å²) in [4.78, 5) is 14.8. The van der Waals surface area contributed by atoms with Gasteiger partial charge in [0.1, 0.15) is 0 Å². The van der Waals surface area contributed by atoms with E-state index in [1.165, 1.54) is 0 Å². The molecule has 2 aliphatic rings. The van der Waals surface area contributed by atoms with Gasteiger partial charge in [-0.1, -0.05) is 23.7 Å². The summed E-state index contributed by atoms with van der Waals surface area (Å²) in [5.74, 6) is -4.13. The highest BCUT2D eigenvalue weighted by Crippen LogP contribution is 2.30. The van der Waals surface area contributed by atoms with Crippen LogP contribution < -0.4 is 15.5 Å². The minimum Gasteiger partial charge on any atom is -0.368 e. The Hall–Kier alpha value is -1.46. The fraction of sp³-hybridized carbons (Fsp3) is 0.667. The Morgan fingerprint density at radius 2 is 2.00 bits per heavy atom. The van der Waals surface area contributed by atoms with Gasteiger partial charge >= 0.3 is 6.03 Å². The molecule has 2 amide bonds. The Kier molecular flexibility index (Phi) is 3.19. The number of aryl methyl sites for hydroxylation is 1. The minimum absolute atomic E-state index is 0.122. The lowest BCUT2D eigenvalue weighted by molar-refractivity contribution is 0.206. The Morgan fingerprint density at radius 1 is 1.30 bits per heavy atom. The van der Waals surface area contributed by atoms with Crippen molar-refractivity contribution in [3.8, 4) is 0 Å². The van der Waals surface area contributed by atoms with E-state index < -0.39 is 56.3 Å². The van der Waals surface area contributed by atoms with Gasteiger partial charge in [0.15, 0.2) is 0 Å². The van der Waals surface area contributed by atoms with Crippen molar-refractivity contribution in [2.75, 3.05) is 44.6 Å². The van der Waals surface area contributed by atoms with Crippen molar-refractivity contribution in [2.24, 2.45) is 5.89 Å². The number of carbonyl (C=O) groups excluding carboxylic acids is 1. The van der Waals surface area contributed by atoms with Gasteiger partial charge in [-0.25, -0.2) is 4.79 Å². The zero-order chi connectivity index (χ0) is 31.8. The molecular formula is C21H33ClN4O. The molecule has 1 aromatic rings. The molecule has 1 aliphatic carbocycles. The summed E-state index contributed by atoms with van der Waals surface area (Å²) >= 11 is 6.41. The number of benzene rings is 1. The average Bonchev–Trinajstić information content (AvgIpc) is 2.88. The van der Waals surface area contributed by atoms with Crippen LogP contribution in [0.2, 0.25) is 5.02 Å². The van der Waals surface area contributed by atoms with Gasteiger partial charge in [0, 0.05) is 57.1 Å². The van der Waals surface area contributed by atoms with Gasteiger partial charge in [-0.3, -0.25) is 4.90 Å². The number of urea groups is 1. The van der Waals surface area contributed by atoms with E-state index in [4.69, 9.17) is 30.8 Å². The van der Waals surface area contributed by atoms with Crippen LogP contribution in [0.1, 0.15) is 56.6 Å². The zero-order valence-corrected chi connectivity index (χ0v) is 16.0. The first-order chi connectivity index (χ1) is 18.3. The van der Waals surface area contributed by atoms with E-state index >= 15 is 0 Å². The van der Waals surface area contributed by atoms with Crippen LogP contribution in [0.5, 0.6) is 0 Å². The lowest BCUT2D eigenvalue weighted by atomic mass is 9.84. The SMILES string of the molecule is [2H]C([2H])(N1CCN(c2cccc(C)c2Cl)CC1)C([2H])([2H])C1([2H])C([2H])([2H])C([2H])([2H])C([2H])(NC(=O)NC)C([2H])([2H])C1([2H])[2H]. The number of hydrogen-bond acceptors (Lipinski definition) is 3. The number of halogens is 1. The van der Waals surface area contributed by atoms with Crippen LogP contribution in [0.4, 0.5) is 10.5 Å². The van der Waals surface area contributed by atoms with E-state index in [-0.39, 0.29) is 26.2 Å². The molecule has 1 saturated carbocycles. The van der Waals surface area contributed by atoms with Gasteiger partial charge in [-0.2, -0.15) is 0 Å². The summed E-state index contributed by atoms with van der Waals surface area (Å²) in [6.07, 6.45) is -20.0. The highest BCUT2D eigenvalue weighted by atomic mass is 35.5. The standard InChI is InChI=1S/C21H33ClN4O/c1-16-4-3-5-19(20(16)22)26-14-12-25(13-15-26)11-10-17-6-8-18(9-7-17)24-21(27)23-2/h3-5,17-18H,6-15H2,1-2H3,(H2,23,24,27)/i6D2,7D2,8D2,9D2,10D2,11D2,17D,18D. The van der Waals surface area contributed by atoms with Crippen molar-refractivity contribution < 1.29 is 24.0 Å². The first-order valence-electron chi connectivity index (χ1n) is 15.6. The van der Waals surface area contributed by atoms with Gasteiger partial charge in [0.25, 0.3) is 0 Å². The Morgan fingerprint density at radius 3 is 2.67 bits per heavy atom. The van der Waals surface area contributed by atoms with E-state index in [0.717, 1.165) is 17.5 Å². The van der Waals surface area contributed by atoms with E-state index in [2.05, 4.69) is 0 Å². The minimum atomic E-state index is -4.13. The van der Waals surface area contributed by atoms with Gasteiger partial charge in [-0.05, 0) is 62.8 Å². The Balaban J connectivity index is 2.09. The van der Waals surface area contributed by atoms with Crippen LogP contribution >= 0.6 is 11.6 Å². The molecule has 1 aliphatic heterocycles. The van der Waals surface area contributed by atoms with Crippen LogP contribution in [0.3, 0.4) is 0 Å². The molecule has 3 rings (SSSR count). The molecule has 27 heavy (non-hydrogen) atoms. The molecule has 1 heterocycles. The van der Waals surface area contributed by atoms with Gasteiger partial charge in [0.2, 0.25) is 0 Å². The van der Waals surface area contributed by atoms with Crippen LogP contribution in [-0.2, 0) is 0 Å². The second-order valence-electron chi connectivity index (χ2n) is 6.07. The quantitative estimate of drug-likeness (QED) is 0.784. The third-order valence-corrected chi connectivity index (χ3v) is 4.71. The predicted molar refractivity (Wildman–Crippen MR) is 113 cm³/mol. The maximum Gasteiger partial charge on any atom is 0.314 e. The number of nitrogens with one attached hydrogen (secondary N) is 2. The van der Waals surface area contributed by atoms with Crippen LogP contribution in [0.15, 0.2) is 18.2 Å². The molecule has 2 fully saturated rings. The molecule has 150 valence electrons. The fourth-order valence-corrected chi connectivity index (χ4v) is 2.93. The van der Waals surface area contributed by atoms with Crippen LogP contribution in [0, 0.1) is 12.8 Å². The van der Waals surface area contributed by atoms with Crippen molar-refractivity contribution in [1.29, 1.82) is 0 Å². The summed E-state index contributed by atoms with van der Waals surface area (Å²) in [5.41, 5.74) is 1.46. The largest absolute Gasteiger partial charge is 0.368 e. The van der Waals surface area contributed by atoms with Crippen LogP contribution in [-0.4, -0.2) is 56.7 Å². The number of nitrogens with zero attached hydrogens (tertiary/aromatic N) is 2. The first-order valence-corrected chi connectivity index (χ1v) is 8.98. The summed E-state index contributed by atoms with van der Waals surface area (Å²) in [5, 5.41) is 4.05. The third kappa shape index (κ3) is 5.52. The topological polar surface area (TPSA) is 47.6 Å². The van der Waals surface area contributed by atoms with Crippen molar-refractivity contribution >= 4 is 23.3 Å². The number of anilines is 1. The molecule has 1 aromatic carbocycles. The van der Waals surface area contributed by atoms with Gasteiger partial charge < -0.3 is 15.5 Å². The second-order valence-corrected chi connectivity index (χ2v) is 6.45. The summed E-state index contributed by atoms with van der Waals surface area (Å²) in [7, 11) is 1.05. The predicted octanol–water partition coefficient (Wildman–Crippen LogP) is 3.65. The number of hydrogen-bond donors (Lipinski definition) is 2. The average molecular weight is 407 g/mol. The van der Waals surface area contributed by atoms with Crippen molar-refractivity contribution in [2.45, 2.75) is 44.8 Å². The molecule has 0 aromatic heterocycles. The molecular weight excluding hydrogens is 360 g/mol. The highest BCUT2D eigenvalue weighted by molar-refractivity contribution is 6.34. The molecule has 0 atom stereocenters. The monoisotopic (exact) mass is 406 g/mol. The molecule has 0 radical (unpaired) electrons. The molecule has 2 N–H and O–H groups in total. The molecule has 0 bridgehead atoms. The van der Waals surface area contributed by atoms with E-state index in [0.29, 0.717) is 10.7 Å². The van der Waals surface area contributed by atoms with Crippen molar-refractivity contribution in [3.05, 3.63) is 28.8 Å². The molecule has 6 heteroatoms. The molecule has 5 nitrogen and oxygen atoms in total. The lowest BCUT2D eigenvalue weighted by Crippen LogP contribution is -2.47. The van der Waals surface area contributed by atoms with Gasteiger partial charge in [0.05, 0.1) is 12.1 Å². The second kappa shape index (κ2) is 9.65. The van der Waals surface area contributed by atoms with E-state index in [1.54, 1.807) is 17.4 Å². The number of amides is 2. The summed E-state index contributed by atoms with van der Waals surface area (Å²) in [6.45, 7) is -1.64. The van der Waals surface area contributed by atoms with E-state index in [1.807, 2.05) is 23.2 Å². The first kappa shape index (κ1) is 8.91. The number of piperazine rings is 1. The summed E-state index contributed by atoms with van der Waals surface area (Å²) < 4.78 is 120. The fourth-order valence-electron chi connectivity index (χ4n) is 2.68. The summed E-state index contributed by atoms with van der Waals surface area (Å²) in [6, 6.07) is 0.293. The molecule has 1 saturated heterocycles. The number of rotatable bonds is 5. The van der Waals surface area contributed by atoms with Crippen molar-refractivity contribution in [1.82, 2.24) is 15.5 Å². The van der Waals surface area contributed by atoms with E-state index in [9.17, 15) is 4.79 Å².